The number of nitrogens with one attached hydrogen (secondary N) is 1. The fraction of sp³-hybridized carbons (Fsp3) is 0. The molecule has 0 saturated heterocycles. The minimum absolute atomic E-state index is 0.152. The topological polar surface area (TPSA) is 29.1 Å². The number of para-hydroxylation sites is 1. The van der Waals surface area contributed by atoms with E-state index in [-0.39, 0.29) is 5.03 Å². The predicted molar refractivity (Wildman–Crippen MR) is 50.1 cm³/mol. The number of aldehydes is 1. The van der Waals surface area contributed by atoms with E-state index in [0.29, 0.717) is 6.29 Å². The van der Waals surface area contributed by atoms with E-state index in [1.54, 1.807) is 0 Å². The van der Waals surface area contributed by atoms with Crippen molar-refractivity contribution in [3.63, 3.8) is 0 Å². The monoisotopic (exact) mass is 181 g/mol. The minimum atomic E-state index is 0.152. The number of benzene rings is 1. The van der Waals surface area contributed by atoms with Crippen LogP contribution in [0.25, 0.3) is 0 Å². The summed E-state index contributed by atoms with van der Waals surface area (Å²) >= 11 is 5.45. The summed E-state index contributed by atoms with van der Waals surface area (Å²) in [5.74, 6) is 0. The van der Waals surface area contributed by atoms with Gasteiger partial charge in [-0.2, -0.15) is 0 Å². The van der Waals surface area contributed by atoms with Gasteiger partial charge in [0, 0.05) is 11.9 Å². The van der Waals surface area contributed by atoms with Crippen molar-refractivity contribution in [3.8, 4) is 0 Å². The van der Waals surface area contributed by atoms with Crippen LogP contribution in [0, 0.1) is 0 Å². The van der Waals surface area contributed by atoms with Crippen LogP contribution in [0.4, 0.5) is 5.69 Å². The maximum Gasteiger partial charge on any atom is 0.162 e. The van der Waals surface area contributed by atoms with Gasteiger partial charge in [-0.15, -0.1) is 0 Å². The lowest BCUT2D eigenvalue weighted by Gasteiger charge is -1.97. The minimum Gasteiger partial charge on any atom is -0.360 e. The van der Waals surface area contributed by atoms with Crippen LogP contribution in [0.2, 0.25) is 0 Å². The van der Waals surface area contributed by atoms with E-state index in [0.717, 1.165) is 5.69 Å². The molecule has 0 spiro atoms. The van der Waals surface area contributed by atoms with Crippen LogP contribution >= 0.6 is 11.6 Å². The van der Waals surface area contributed by atoms with Gasteiger partial charge >= 0.3 is 0 Å². The highest BCUT2D eigenvalue weighted by Gasteiger charge is 1.87. The Labute approximate surface area is 75.9 Å². The second-order valence-corrected chi connectivity index (χ2v) is 2.59. The number of allylic oxidation sites excluding steroid dienone is 1. The number of halogens is 1. The Balaban J connectivity index is 2.60. The van der Waals surface area contributed by atoms with Crippen molar-refractivity contribution < 1.29 is 4.79 Å². The van der Waals surface area contributed by atoms with Crippen molar-refractivity contribution in [2.45, 2.75) is 0 Å². The van der Waals surface area contributed by atoms with Crippen LogP contribution in [0.1, 0.15) is 0 Å². The van der Waals surface area contributed by atoms with Crippen LogP contribution < -0.4 is 5.32 Å². The van der Waals surface area contributed by atoms with E-state index in [4.69, 9.17) is 11.6 Å². The first-order chi connectivity index (χ1) is 5.83. The zero-order chi connectivity index (χ0) is 8.81. The molecule has 0 unspecified atom stereocenters. The van der Waals surface area contributed by atoms with Crippen LogP contribution in [0.15, 0.2) is 41.6 Å². The molecule has 0 aromatic heterocycles. The molecule has 0 aliphatic heterocycles. The molecule has 2 nitrogen and oxygen atoms in total. The van der Waals surface area contributed by atoms with Crippen molar-refractivity contribution in [3.05, 3.63) is 41.6 Å². The Morgan fingerprint density at radius 1 is 1.33 bits per heavy atom. The number of rotatable bonds is 3. The first kappa shape index (κ1) is 8.81. The molecule has 0 saturated carbocycles. The van der Waals surface area contributed by atoms with Crippen molar-refractivity contribution in [2.24, 2.45) is 0 Å². The van der Waals surface area contributed by atoms with E-state index < -0.39 is 0 Å². The van der Waals surface area contributed by atoms with E-state index in [1.807, 2.05) is 30.3 Å². The quantitative estimate of drug-likeness (QED) is 0.573. The molecule has 1 aromatic rings. The maximum atomic E-state index is 10.1. The Bertz CT molecular complexity index is 282. The van der Waals surface area contributed by atoms with Gasteiger partial charge in [0.05, 0.1) is 5.03 Å². The molecular formula is C9H8ClNO. The SMILES string of the molecule is O=CC(Cl)=CNc1ccccc1. The van der Waals surface area contributed by atoms with Gasteiger partial charge in [0.2, 0.25) is 0 Å². The lowest BCUT2D eigenvalue weighted by Crippen LogP contribution is -1.88. The van der Waals surface area contributed by atoms with E-state index in [9.17, 15) is 4.79 Å². The normalized spacial score (nSPS) is 10.9. The van der Waals surface area contributed by atoms with E-state index in [1.165, 1.54) is 6.20 Å². The van der Waals surface area contributed by atoms with Crippen LogP contribution in [0.3, 0.4) is 0 Å². The zero-order valence-electron chi connectivity index (χ0n) is 6.33. The van der Waals surface area contributed by atoms with Gasteiger partial charge in [-0.25, -0.2) is 0 Å². The molecule has 1 rings (SSSR count). The van der Waals surface area contributed by atoms with Gasteiger partial charge < -0.3 is 5.32 Å². The predicted octanol–water partition coefficient (Wildman–Crippen LogP) is 2.38. The van der Waals surface area contributed by atoms with E-state index >= 15 is 0 Å². The third kappa shape index (κ3) is 2.76. The van der Waals surface area contributed by atoms with Crippen LogP contribution in [0.5, 0.6) is 0 Å². The van der Waals surface area contributed by atoms with Gasteiger partial charge in [0.25, 0.3) is 0 Å². The van der Waals surface area contributed by atoms with E-state index in [2.05, 4.69) is 5.32 Å². The molecule has 0 fully saturated rings. The average molecular weight is 182 g/mol. The lowest BCUT2D eigenvalue weighted by molar-refractivity contribution is -0.104. The summed E-state index contributed by atoms with van der Waals surface area (Å²) in [6.07, 6.45) is 2.03. The molecule has 0 aliphatic carbocycles. The van der Waals surface area contributed by atoms with Crippen LogP contribution in [-0.2, 0) is 4.79 Å². The van der Waals surface area contributed by atoms with Gasteiger partial charge in [0.1, 0.15) is 0 Å². The number of carbonyl (C=O) groups excluding carboxylic acids is 1. The fourth-order valence-corrected chi connectivity index (χ4v) is 0.775. The van der Waals surface area contributed by atoms with Crippen molar-refractivity contribution in [2.75, 3.05) is 5.32 Å². The third-order valence-electron chi connectivity index (χ3n) is 1.26. The highest BCUT2D eigenvalue weighted by atomic mass is 35.5. The number of carbonyl (C=O) groups is 1. The second-order valence-electron chi connectivity index (χ2n) is 2.16. The highest BCUT2D eigenvalue weighted by molar-refractivity contribution is 6.38. The summed E-state index contributed by atoms with van der Waals surface area (Å²) in [6.45, 7) is 0. The average Bonchev–Trinajstić information content (AvgIpc) is 2.16. The summed E-state index contributed by atoms with van der Waals surface area (Å²) in [6, 6.07) is 9.46. The molecule has 12 heavy (non-hydrogen) atoms. The standard InChI is InChI=1S/C9H8ClNO/c10-8(7-12)6-11-9-4-2-1-3-5-9/h1-7,11H. The molecule has 3 heteroatoms. The van der Waals surface area contributed by atoms with Gasteiger partial charge in [-0.1, -0.05) is 29.8 Å². The molecular weight excluding hydrogens is 174 g/mol. The Hall–Kier alpha value is -1.28. The summed E-state index contributed by atoms with van der Waals surface area (Å²) in [7, 11) is 0. The van der Waals surface area contributed by atoms with Crippen LogP contribution in [-0.4, -0.2) is 6.29 Å². The maximum absolute atomic E-state index is 10.1. The second kappa shape index (κ2) is 4.57. The first-order valence-corrected chi connectivity index (χ1v) is 3.83. The smallest absolute Gasteiger partial charge is 0.162 e. The zero-order valence-corrected chi connectivity index (χ0v) is 7.08. The fourth-order valence-electron chi connectivity index (χ4n) is 0.721. The van der Waals surface area contributed by atoms with Gasteiger partial charge in [-0.05, 0) is 12.1 Å². The molecule has 0 radical (unpaired) electrons. The highest BCUT2D eigenvalue weighted by Crippen LogP contribution is 2.06. The molecule has 1 aromatic carbocycles. The molecule has 1 N–H and O–H groups in total. The Kier molecular flexibility index (Phi) is 3.35. The molecule has 0 amide bonds. The molecule has 0 aliphatic rings. The van der Waals surface area contributed by atoms with Gasteiger partial charge in [0.15, 0.2) is 6.29 Å². The molecule has 62 valence electrons. The van der Waals surface area contributed by atoms with Crippen molar-refractivity contribution >= 4 is 23.6 Å². The number of anilines is 1. The summed E-state index contributed by atoms with van der Waals surface area (Å²) < 4.78 is 0. The number of hydrogen-bond donors (Lipinski definition) is 1. The molecule has 0 bridgehead atoms. The molecule has 0 atom stereocenters. The van der Waals surface area contributed by atoms with Crippen molar-refractivity contribution in [1.82, 2.24) is 0 Å². The first-order valence-electron chi connectivity index (χ1n) is 3.45. The summed E-state index contributed by atoms with van der Waals surface area (Å²) in [5.41, 5.74) is 0.900. The van der Waals surface area contributed by atoms with Gasteiger partial charge in [-0.3, -0.25) is 4.79 Å². The summed E-state index contributed by atoms with van der Waals surface area (Å²) in [4.78, 5) is 10.1. The largest absolute Gasteiger partial charge is 0.360 e. The molecule has 0 heterocycles. The Morgan fingerprint density at radius 2 is 2.00 bits per heavy atom. The summed E-state index contributed by atoms with van der Waals surface area (Å²) in [5, 5.41) is 3.02. The Morgan fingerprint density at radius 3 is 2.58 bits per heavy atom. The third-order valence-corrected chi connectivity index (χ3v) is 1.46. The number of hydrogen-bond acceptors (Lipinski definition) is 2. The van der Waals surface area contributed by atoms with Crippen molar-refractivity contribution in [1.29, 1.82) is 0 Å². The lowest BCUT2D eigenvalue weighted by atomic mass is 10.3.